The predicted octanol–water partition coefficient (Wildman–Crippen LogP) is -0.0200. The third-order valence-electron chi connectivity index (χ3n) is 2.41. The topological polar surface area (TPSA) is 35.2 Å². The molecule has 3 fully saturated rings. The zero-order chi connectivity index (χ0) is 5.56. The predicted molar refractivity (Wildman–Crippen MR) is 30.4 cm³/mol. The van der Waals surface area contributed by atoms with E-state index in [-0.39, 0.29) is 0 Å². The minimum atomic E-state index is 0.546. The minimum Gasteiger partial charge on any atom is -0.378 e. The van der Waals surface area contributed by atoms with E-state index in [1.807, 2.05) is 0 Å². The Morgan fingerprint density at radius 1 is 1.62 bits per heavy atom. The highest BCUT2D eigenvalue weighted by Crippen LogP contribution is 2.43. The lowest BCUT2D eigenvalue weighted by Crippen LogP contribution is -2.38. The van der Waals surface area contributed by atoms with E-state index in [1.54, 1.807) is 0 Å². The van der Waals surface area contributed by atoms with Crippen LogP contribution >= 0.6 is 0 Å². The molecule has 0 aromatic heterocycles. The average molecular weight is 113 g/mol. The highest BCUT2D eigenvalue weighted by molar-refractivity contribution is 4.96. The summed E-state index contributed by atoms with van der Waals surface area (Å²) in [5, 5.41) is 0. The molecule has 8 heavy (non-hydrogen) atoms. The van der Waals surface area contributed by atoms with Crippen molar-refractivity contribution in [3.05, 3.63) is 0 Å². The highest BCUT2D eigenvalue weighted by Gasteiger charge is 2.46. The fraction of sp³-hybridized carbons (Fsp3) is 1.00. The van der Waals surface area contributed by atoms with Crippen LogP contribution in [0.15, 0.2) is 0 Å². The molecule has 0 spiro atoms. The Kier molecular flexibility index (Phi) is 0.866. The molecule has 2 nitrogen and oxygen atoms in total. The minimum absolute atomic E-state index is 0.546. The van der Waals surface area contributed by atoms with Crippen molar-refractivity contribution in [3.8, 4) is 0 Å². The van der Waals surface area contributed by atoms with Gasteiger partial charge in [-0.2, -0.15) is 0 Å². The Balaban J connectivity index is 2.02. The summed E-state index contributed by atoms with van der Waals surface area (Å²) in [6.07, 6.45) is 1.83. The molecule has 1 aliphatic carbocycles. The maximum absolute atomic E-state index is 5.47. The van der Waals surface area contributed by atoms with Crippen LogP contribution in [0.5, 0.6) is 0 Å². The fourth-order valence-corrected chi connectivity index (χ4v) is 1.73. The lowest BCUT2D eigenvalue weighted by Gasteiger charge is -2.31. The van der Waals surface area contributed by atoms with Crippen LogP contribution in [-0.2, 0) is 4.74 Å². The van der Waals surface area contributed by atoms with Gasteiger partial charge in [0, 0.05) is 5.92 Å². The summed E-state index contributed by atoms with van der Waals surface area (Å²) in [4.78, 5) is 0. The molecule has 0 amide bonds. The molecule has 2 heterocycles. The fourth-order valence-electron chi connectivity index (χ4n) is 1.73. The maximum Gasteiger partial charge on any atom is 0.0622 e. The number of hydrogen-bond acceptors (Lipinski definition) is 2. The number of rotatable bonds is 1. The summed E-state index contributed by atoms with van der Waals surface area (Å²) in [6, 6.07) is 0. The normalized spacial score (nSPS) is 51.4. The van der Waals surface area contributed by atoms with Crippen molar-refractivity contribution < 1.29 is 4.74 Å². The largest absolute Gasteiger partial charge is 0.378 e. The van der Waals surface area contributed by atoms with Crippen molar-refractivity contribution in [1.82, 2.24) is 0 Å². The summed E-state index contributed by atoms with van der Waals surface area (Å²) < 4.78 is 5.35. The van der Waals surface area contributed by atoms with Crippen LogP contribution < -0.4 is 5.73 Å². The van der Waals surface area contributed by atoms with E-state index in [0.29, 0.717) is 6.10 Å². The number of ether oxygens (including phenoxy) is 1. The summed E-state index contributed by atoms with van der Waals surface area (Å²) in [6.45, 7) is 1.81. The van der Waals surface area contributed by atoms with Crippen LogP contribution in [0.4, 0.5) is 0 Å². The van der Waals surface area contributed by atoms with Crippen molar-refractivity contribution in [2.45, 2.75) is 12.5 Å². The van der Waals surface area contributed by atoms with Gasteiger partial charge in [0.2, 0.25) is 0 Å². The first kappa shape index (κ1) is 4.77. The second-order valence-corrected chi connectivity index (χ2v) is 2.77. The Bertz CT molecular complexity index is 90.7. The van der Waals surface area contributed by atoms with Gasteiger partial charge in [-0.1, -0.05) is 0 Å². The van der Waals surface area contributed by atoms with Gasteiger partial charge in [-0.05, 0) is 18.9 Å². The van der Waals surface area contributed by atoms with Crippen molar-refractivity contribution in [2.75, 3.05) is 13.2 Å². The van der Waals surface area contributed by atoms with Gasteiger partial charge in [0.15, 0.2) is 0 Å². The molecule has 3 rings (SSSR count). The van der Waals surface area contributed by atoms with Gasteiger partial charge in [0.1, 0.15) is 0 Å². The molecular formula is C6H11NO. The number of fused-ring (bicyclic) bond motifs is 1. The third kappa shape index (κ3) is 0.400. The van der Waals surface area contributed by atoms with E-state index in [4.69, 9.17) is 10.5 Å². The molecule has 0 aromatic carbocycles. The van der Waals surface area contributed by atoms with Gasteiger partial charge >= 0.3 is 0 Å². The Hall–Kier alpha value is -0.0800. The van der Waals surface area contributed by atoms with Crippen molar-refractivity contribution in [2.24, 2.45) is 17.6 Å². The molecular weight excluding hydrogens is 102 g/mol. The van der Waals surface area contributed by atoms with Gasteiger partial charge in [0.05, 0.1) is 12.7 Å². The van der Waals surface area contributed by atoms with Gasteiger partial charge in [-0.15, -0.1) is 0 Å². The Labute approximate surface area is 49.0 Å². The Morgan fingerprint density at radius 2 is 2.50 bits per heavy atom. The standard InChI is InChI=1S/C6H11NO/c7-2-5-4-1-6(5)8-3-4/h4-6H,1-3,7H2. The molecule has 2 aliphatic heterocycles. The van der Waals surface area contributed by atoms with Crippen molar-refractivity contribution in [1.29, 1.82) is 0 Å². The molecule has 2 N–H and O–H groups in total. The number of hydrogen-bond donors (Lipinski definition) is 1. The van der Waals surface area contributed by atoms with Crippen LogP contribution in [0.25, 0.3) is 0 Å². The van der Waals surface area contributed by atoms with E-state index in [0.717, 1.165) is 25.0 Å². The molecule has 0 radical (unpaired) electrons. The smallest absolute Gasteiger partial charge is 0.0622 e. The monoisotopic (exact) mass is 113 g/mol. The van der Waals surface area contributed by atoms with Gasteiger partial charge in [0.25, 0.3) is 0 Å². The molecule has 2 bridgehead atoms. The maximum atomic E-state index is 5.47. The summed E-state index contributed by atoms with van der Waals surface area (Å²) >= 11 is 0. The van der Waals surface area contributed by atoms with E-state index in [2.05, 4.69) is 0 Å². The van der Waals surface area contributed by atoms with Gasteiger partial charge < -0.3 is 10.5 Å². The van der Waals surface area contributed by atoms with Gasteiger partial charge in [-0.3, -0.25) is 0 Å². The molecule has 2 saturated heterocycles. The van der Waals surface area contributed by atoms with Crippen LogP contribution in [0, 0.1) is 11.8 Å². The van der Waals surface area contributed by atoms with E-state index in [9.17, 15) is 0 Å². The summed E-state index contributed by atoms with van der Waals surface area (Å²) in [5.41, 5.74) is 5.47. The molecule has 1 saturated carbocycles. The Morgan fingerprint density at radius 3 is 2.75 bits per heavy atom. The lowest BCUT2D eigenvalue weighted by molar-refractivity contribution is 0.0764. The molecule has 46 valence electrons. The van der Waals surface area contributed by atoms with Crippen LogP contribution in [-0.4, -0.2) is 19.3 Å². The third-order valence-corrected chi connectivity index (χ3v) is 2.41. The molecule has 0 aromatic rings. The zero-order valence-corrected chi connectivity index (χ0v) is 4.84. The van der Waals surface area contributed by atoms with E-state index in [1.165, 1.54) is 6.42 Å². The second-order valence-electron chi connectivity index (χ2n) is 2.77. The number of nitrogens with two attached hydrogens (primary N) is 1. The molecule has 3 aliphatic rings. The second kappa shape index (κ2) is 1.45. The van der Waals surface area contributed by atoms with E-state index < -0.39 is 0 Å². The lowest BCUT2D eigenvalue weighted by atomic mass is 9.74. The molecule has 3 atom stereocenters. The SMILES string of the molecule is NCC1C2COC1C2. The highest BCUT2D eigenvalue weighted by atomic mass is 16.5. The van der Waals surface area contributed by atoms with Gasteiger partial charge in [-0.25, -0.2) is 0 Å². The zero-order valence-electron chi connectivity index (χ0n) is 4.84. The van der Waals surface area contributed by atoms with Crippen LogP contribution in [0.1, 0.15) is 6.42 Å². The quantitative estimate of drug-likeness (QED) is 0.518. The average Bonchev–Trinajstić information content (AvgIpc) is 2.19. The summed E-state index contributed by atoms with van der Waals surface area (Å²) in [7, 11) is 0. The first-order chi connectivity index (χ1) is 3.92. The first-order valence-electron chi connectivity index (χ1n) is 3.23. The summed E-state index contributed by atoms with van der Waals surface area (Å²) in [5.74, 6) is 1.54. The first-order valence-corrected chi connectivity index (χ1v) is 3.23. The van der Waals surface area contributed by atoms with E-state index >= 15 is 0 Å². The van der Waals surface area contributed by atoms with Crippen molar-refractivity contribution in [3.63, 3.8) is 0 Å². The molecule has 2 heteroatoms. The van der Waals surface area contributed by atoms with Crippen LogP contribution in [0.3, 0.4) is 0 Å². The van der Waals surface area contributed by atoms with Crippen molar-refractivity contribution >= 4 is 0 Å². The van der Waals surface area contributed by atoms with Crippen LogP contribution in [0.2, 0.25) is 0 Å². The molecule has 3 unspecified atom stereocenters.